The van der Waals surface area contributed by atoms with Crippen molar-refractivity contribution in [3.05, 3.63) is 47.1 Å². The summed E-state index contributed by atoms with van der Waals surface area (Å²) in [7, 11) is 1.69. The fraction of sp³-hybridized carbons (Fsp3) is 0.400. The number of aromatic amines is 1. The van der Waals surface area contributed by atoms with Gasteiger partial charge in [-0.3, -0.25) is 9.69 Å². The van der Waals surface area contributed by atoms with Crippen molar-refractivity contribution in [2.75, 3.05) is 45.3 Å². The number of carbonyl (C=O) groups excluding carboxylic acids is 1. The molecular weight excluding hydrogens is 442 g/mol. The zero-order valence-corrected chi connectivity index (χ0v) is 19.4. The van der Waals surface area contributed by atoms with Gasteiger partial charge in [-0.1, -0.05) is 11.6 Å². The highest BCUT2D eigenvalue weighted by molar-refractivity contribution is 6.34. The van der Waals surface area contributed by atoms with Gasteiger partial charge in [0, 0.05) is 35.7 Å². The van der Waals surface area contributed by atoms with Crippen LogP contribution in [0.4, 0.5) is 5.69 Å². The van der Waals surface area contributed by atoms with Crippen molar-refractivity contribution in [3.8, 4) is 17.2 Å². The molecule has 2 aliphatic heterocycles. The second-order valence-corrected chi connectivity index (χ2v) is 8.99. The molecule has 1 saturated heterocycles. The van der Waals surface area contributed by atoms with Gasteiger partial charge in [-0.25, -0.2) is 0 Å². The first-order chi connectivity index (χ1) is 16.1. The average molecular weight is 470 g/mol. The van der Waals surface area contributed by atoms with E-state index in [-0.39, 0.29) is 5.91 Å². The quantitative estimate of drug-likeness (QED) is 0.561. The Morgan fingerprint density at radius 2 is 1.94 bits per heavy atom. The predicted octanol–water partition coefficient (Wildman–Crippen LogP) is 4.81. The van der Waals surface area contributed by atoms with E-state index in [0.29, 0.717) is 47.9 Å². The summed E-state index contributed by atoms with van der Waals surface area (Å²) >= 11 is 6.37. The minimum atomic E-state index is -0.0818. The van der Waals surface area contributed by atoms with Crippen LogP contribution < -0.4 is 19.5 Å². The highest BCUT2D eigenvalue weighted by atomic mass is 35.5. The van der Waals surface area contributed by atoms with Gasteiger partial charge in [-0.15, -0.1) is 0 Å². The third kappa shape index (κ3) is 4.75. The van der Waals surface area contributed by atoms with Crippen LogP contribution in [0.2, 0.25) is 5.02 Å². The van der Waals surface area contributed by atoms with Gasteiger partial charge in [-0.2, -0.15) is 0 Å². The number of carbonyl (C=O) groups is 1. The lowest BCUT2D eigenvalue weighted by atomic mass is 9.89. The van der Waals surface area contributed by atoms with Crippen LogP contribution in [-0.4, -0.2) is 55.7 Å². The van der Waals surface area contributed by atoms with E-state index in [1.54, 1.807) is 19.2 Å². The molecule has 7 nitrogen and oxygen atoms in total. The summed E-state index contributed by atoms with van der Waals surface area (Å²) in [5.41, 5.74) is 3.00. The largest absolute Gasteiger partial charge is 0.497 e. The van der Waals surface area contributed by atoms with Crippen LogP contribution in [0.1, 0.15) is 30.7 Å². The Hall–Kier alpha value is -2.90. The van der Waals surface area contributed by atoms with Crippen LogP contribution in [-0.2, 0) is 4.79 Å². The standard InChI is InChI=1S/C25H28ClN3O4/c1-31-17-3-4-21-18(11-17)19(14-27-21)16-5-7-29(8-6-16)15-25(30)28-22-13-24-23(12-20(22)26)32-9-2-10-33-24/h3-4,11-14,16,27H,2,5-10,15H2,1H3,(H,28,30). The smallest absolute Gasteiger partial charge is 0.238 e. The van der Waals surface area contributed by atoms with Gasteiger partial charge in [0.05, 0.1) is 37.6 Å². The van der Waals surface area contributed by atoms with Gasteiger partial charge in [-0.05, 0) is 55.6 Å². The minimum Gasteiger partial charge on any atom is -0.497 e. The fourth-order valence-electron chi connectivity index (χ4n) is 4.66. The van der Waals surface area contributed by atoms with E-state index in [2.05, 4.69) is 33.5 Å². The Bertz CT molecular complexity index is 1150. The molecule has 0 radical (unpaired) electrons. The number of anilines is 1. The number of nitrogens with one attached hydrogen (secondary N) is 2. The van der Waals surface area contributed by atoms with Crippen molar-refractivity contribution in [1.29, 1.82) is 0 Å². The molecule has 0 spiro atoms. The number of methoxy groups -OCH3 is 1. The maximum atomic E-state index is 12.7. The molecule has 0 unspecified atom stereocenters. The summed E-state index contributed by atoms with van der Waals surface area (Å²) in [6.07, 6.45) is 4.93. The topological polar surface area (TPSA) is 75.8 Å². The lowest BCUT2D eigenvalue weighted by molar-refractivity contribution is -0.117. The summed E-state index contributed by atoms with van der Waals surface area (Å²) in [5.74, 6) is 2.48. The third-order valence-corrected chi connectivity index (χ3v) is 6.74. The molecule has 174 valence electrons. The van der Waals surface area contributed by atoms with Crippen molar-refractivity contribution >= 4 is 34.1 Å². The second kappa shape index (κ2) is 9.53. The molecule has 1 aromatic heterocycles. The third-order valence-electron chi connectivity index (χ3n) is 6.43. The second-order valence-electron chi connectivity index (χ2n) is 8.58. The molecule has 0 aliphatic carbocycles. The molecule has 1 fully saturated rings. The zero-order valence-electron chi connectivity index (χ0n) is 18.7. The van der Waals surface area contributed by atoms with E-state index >= 15 is 0 Å². The molecule has 3 heterocycles. The molecule has 8 heteroatoms. The molecular formula is C25H28ClN3O4. The van der Waals surface area contributed by atoms with E-state index in [1.165, 1.54) is 10.9 Å². The summed E-state index contributed by atoms with van der Waals surface area (Å²) in [4.78, 5) is 18.3. The lowest BCUT2D eigenvalue weighted by Crippen LogP contribution is -2.38. The number of ether oxygens (including phenoxy) is 3. The number of halogens is 1. The molecule has 0 saturated carbocycles. The van der Waals surface area contributed by atoms with Crippen molar-refractivity contribution in [2.24, 2.45) is 0 Å². The maximum Gasteiger partial charge on any atom is 0.238 e. The van der Waals surface area contributed by atoms with Gasteiger partial charge < -0.3 is 24.5 Å². The first kappa shape index (κ1) is 21.9. The van der Waals surface area contributed by atoms with Gasteiger partial charge in [0.25, 0.3) is 0 Å². The van der Waals surface area contributed by atoms with Crippen LogP contribution in [0, 0.1) is 0 Å². The molecule has 3 aromatic rings. The number of fused-ring (bicyclic) bond motifs is 2. The number of benzene rings is 2. The van der Waals surface area contributed by atoms with Gasteiger partial charge >= 0.3 is 0 Å². The Labute approximate surface area is 197 Å². The summed E-state index contributed by atoms with van der Waals surface area (Å²) in [5, 5.41) is 4.60. The minimum absolute atomic E-state index is 0.0818. The van der Waals surface area contributed by atoms with E-state index in [4.69, 9.17) is 25.8 Å². The van der Waals surface area contributed by atoms with Crippen molar-refractivity contribution in [2.45, 2.75) is 25.2 Å². The lowest BCUT2D eigenvalue weighted by Gasteiger charge is -2.31. The van der Waals surface area contributed by atoms with Gasteiger partial charge in [0.1, 0.15) is 5.75 Å². The maximum absolute atomic E-state index is 12.7. The van der Waals surface area contributed by atoms with E-state index in [1.807, 2.05) is 6.07 Å². The van der Waals surface area contributed by atoms with Crippen molar-refractivity contribution in [1.82, 2.24) is 9.88 Å². The molecule has 0 bridgehead atoms. The molecule has 1 amide bonds. The molecule has 5 rings (SSSR count). The summed E-state index contributed by atoms with van der Waals surface area (Å²) in [6.45, 7) is 3.24. The highest BCUT2D eigenvalue weighted by Gasteiger charge is 2.24. The Morgan fingerprint density at radius 1 is 1.18 bits per heavy atom. The number of H-pyrrole nitrogens is 1. The predicted molar refractivity (Wildman–Crippen MR) is 129 cm³/mol. The fourth-order valence-corrected chi connectivity index (χ4v) is 4.86. The first-order valence-corrected chi connectivity index (χ1v) is 11.7. The number of likely N-dealkylation sites (tertiary alicyclic amines) is 1. The first-order valence-electron chi connectivity index (χ1n) is 11.4. The van der Waals surface area contributed by atoms with Crippen LogP contribution in [0.5, 0.6) is 17.2 Å². The Morgan fingerprint density at radius 3 is 2.70 bits per heavy atom. The number of hydrogen-bond donors (Lipinski definition) is 2. The number of nitrogens with zero attached hydrogens (tertiary/aromatic N) is 1. The number of hydrogen-bond acceptors (Lipinski definition) is 5. The van der Waals surface area contributed by atoms with E-state index < -0.39 is 0 Å². The number of amides is 1. The number of aromatic nitrogens is 1. The van der Waals surface area contributed by atoms with Gasteiger partial charge in [0.2, 0.25) is 5.91 Å². The Kier molecular flexibility index (Phi) is 6.33. The molecule has 2 aliphatic rings. The van der Waals surface area contributed by atoms with Crippen LogP contribution in [0.25, 0.3) is 10.9 Å². The SMILES string of the molecule is COc1ccc2[nH]cc(C3CCN(CC(=O)Nc4cc5c(cc4Cl)OCCCO5)CC3)c2c1. The normalized spacial score (nSPS) is 17.0. The van der Waals surface area contributed by atoms with Crippen LogP contribution in [0.3, 0.4) is 0 Å². The number of rotatable bonds is 5. The van der Waals surface area contributed by atoms with Gasteiger partial charge in [0.15, 0.2) is 11.5 Å². The molecule has 33 heavy (non-hydrogen) atoms. The molecule has 2 N–H and O–H groups in total. The Balaban J connectivity index is 1.19. The molecule has 2 aromatic carbocycles. The molecule has 0 atom stereocenters. The summed E-state index contributed by atoms with van der Waals surface area (Å²) < 4.78 is 16.8. The zero-order chi connectivity index (χ0) is 22.8. The number of piperidine rings is 1. The monoisotopic (exact) mass is 469 g/mol. The van der Waals surface area contributed by atoms with Crippen LogP contribution in [0.15, 0.2) is 36.5 Å². The summed E-state index contributed by atoms with van der Waals surface area (Å²) in [6, 6.07) is 9.58. The van der Waals surface area contributed by atoms with Crippen molar-refractivity contribution in [3.63, 3.8) is 0 Å². The van der Waals surface area contributed by atoms with E-state index in [9.17, 15) is 4.79 Å². The highest BCUT2D eigenvalue weighted by Crippen LogP contribution is 2.38. The van der Waals surface area contributed by atoms with Crippen molar-refractivity contribution < 1.29 is 19.0 Å². The van der Waals surface area contributed by atoms with Crippen LogP contribution >= 0.6 is 11.6 Å². The average Bonchev–Trinajstić information content (AvgIpc) is 3.11. The van der Waals surface area contributed by atoms with E-state index in [0.717, 1.165) is 43.6 Å².